The topological polar surface area (TPSA) is 313 Å². The van der Waals surface area contributed by atoms with Crippen molar-refractivity contribution in [2.75, 3.05) is 19.0 Å². The number of ether oxygens (including phenoxy) is 3. The molecule has 4 aliphatic carbocycles. The number of halogens is 2. The second-order valence-corrected chi connectivity index (χ2v) is 30.8. The van der Waals surface area contributed by atoms with Crippen LogP contribution < -0.4 is 30.7 Å². The minimum absolute atomic E-state index is 0.00791. The van der Waals surface area contributed by atoms with E-state index in [1.165, 1.54) is 47.8 Å². The fourth-order valence-electron chi connectivity index (χ4n) is 14.4. The maximum atomic E-state index is 14.6. The summed E-state index contributed by atoms with van der Waals surface area (Å²) < 4.78 is 23.5. The zero-order chi connectivity index (χ0) is 72.0. The molecule has 8 aromatic rings. The molecule has 6 heterocycles. The van der Waals surface area contributed by atoms with Gasteiger partial charge < -0.3 is 59.7 Å². The lowest BCUT2D eigenvalue weighted by atomic mass is 9.75. The number of hydrogen-bond acceptors (Lipinski definition) is 16. The number of aliphatic carboxylic acids is 2. The Hall–Kier alpha value is -9.08. The molecule has 5 fully saturated rings. The number of carboxylic acids is 2. The summed E-state index contributed by atoms with van der Waals surface area (Å²) in [6.07, 6.45) is 16.9. The number of imidazole rings is 1. The number of nitrogens with one attached hydrogen (secondary N) is 4. The Bertz CT molecular complexity index is 4620. The Morgan fingerprint density at radius 3 is 2.17 bits per heavy atom. The van der Waals surface area contributed by atoms with Crippen LogP contribution in [0.25, 0.3) is 61.8 Å². The summed E-state index contributed by atoms with van der Waals surface area (Å²) in [4.78, 5) is 117. The van der Waals surface area contributed by atoms with E-state index in [1.54, 1.807) is 76.7 Å². The van der Waals surface area contributed by atoms with Crippen LogP contribution in [0.1, 0.15) is 151 Å². The van der Waals surface area contributed by atoms with E-state index in [9.17, 15) is 38.7 Å². The molecule has 3 aromatic carbocycles. The second kappa shape index (κ2) is 29.1. The zero-order valence-corrected chi connectivity index (χ0v) is 61.5. The predicted octanol–water partition coefficient (Wildman–Crippen LogP) is 13.2. The Labute approximate surface area is 604 Å². The van der Waals surface area contributed by atoms with Crippen molar-refractivity contribution in [3.63, 3.8) is 0 Å². The molecular formula is C74H82Br2N12O12S. The molecule has 5 aliphatic rings. The molecular weight excluding hydrogens is 1440 g/mol. The highest BCUT2D eigenvalue weighted by molar-refractivity contribution is 9.11. The standard InChI is InChI=1S/C40H49BrN6O9S.C34H33BrN6O3/c1-8-21-17-40(21,36(51)52)46-34(49)27-15-23(18-47(27)35(50)32(39(4,5)6)44-38(53)56-22-11-9-10-12-22)55-29-16-25(26-19-57-37(43-26)45-33(48)20(2)3)42-31-24(29)13-14-28(54-7)30(31)41;1-40-26-17-22(10-11-24(26)29(21-6-3-4-7-21)30(40)31-36-18-23(35)19-37-31)32(44)39-34(14-5-15-34)33-38-25-12-8-20(9-13-28(42)43)16-27(25)41(33)2/h8,13-14,16,19-23,27,32H,1,9-12,15,17-18H2,2-7H3,(H,44,53)(H,46,49)(H,51,52)(H,43,45,48);8-13,16-19,21H,3-7,14-15H2,1-2H3,(H,39,44)(H,42,43)/b;13-9+/t21-,23-,27+,32-,40-;/m1./s1. The largest absolute Gasteiger partial charge is 0.495 e. The first-order chi connectivity index (χ1) is 48.2. The number of carbonyl (C=O) groups is 7. The summed E-state index contributed by atoms with van der Waals surface area (Å²) in [7, 11) is 5.53. The number of carbonyl (C=O) groups excluding carboxylic acids is 5. The van der Waals surface area contributed by atoms with E-state index in [-0.39, 0.29) is 43.2 Å². The maximum absolute atomic E-state index is 14.6. The Balaban J connectivity index is 0.000000197. The van der Waals surface area contributed by atoms with Gasteiger partial charge in [0.05, 0.1) is 56.1 Å². The Morgan fingerprint density at radius 2 is 1.52 bits per heavy atom. The quantitative estimate of drug-likeness (QED) is 0.0305. The molecule has 101 heavy (non-hydrogen) atoms. The van der Waals surface area contributed by atoms with Crippen LogP contribution in [-0.4, -0.2) is 134 Å². The average molecular weight is 1520 g/mol. The smallest absolute Gasteiger partial charge is 0.408 e. The van der Waals surface area contributed by atoms with Crippen molar-refractivity contribution in [3.05, 3.63) is 123 Å². The van der Waals surface area contributed by atoms with Crippen molar-refractivity contribution < 1.29 is 58.0 Å². The Morgan fingerprint density at radius 1 is 0.812 bits per heavy atom. The number of pyridine rings is 1. The van der Waals surface area contributed by atoms with Gasteiger partial charge in [0.1, 0.15) is 52.8 Å². The number of rotatable bonds is 20. The number of aromatic nitrogens is 7. The van der Waals surface area contributed by atoms with Gasteiger partial charge in [-0.1, -0.05) is 65.7 Å². The number of likely N-dealkylation sites (tertiary alicyclic amines) is 1. The first kappa shape index (κ1) is 71.7. The van der Waals surface area contributed by atoms with Gasteiger partial charge in [0.25, 0.3) is 5.91 Å². The van der Waals surface area contributed by atoms with Crippen molar-refractivity contribution in [2.24, 2.45) is 31.3 Å². The Kier molecular flexibility index (Phi) is 20.7. The van der Waals surface area contributed by atoms with Gasteiger partial charge >= 0.3 is 18.0 Å². The van der Waals surface area contributed by atoms with Crippen LogP contribution in [-0.2, 0) is 48.3 Å². The lowest BCUT2D eigenvalue weighted by Crippen LogP contribution is -2.59. The molecule has 5 atom stereocenters. The van der Waals surface area contributed by atoms with Crippen LogP contribution in [0.4, 0.5) is 9.93 Å². The number of amides is 5. The molecule has 5 amide bonds. The van der Waals surface area contributed by atoms with E-state index >= 15 is 0 Å². The average Bonchev–Trinajstić information content (AvgIpc) is 1.61. The third kappa shape index (κ3) is 14.7. The number of hydrogen-bond donors (Lipinski definition) is 6. The van der Waals surface area contributed by atoms with Crippen LogP contribution in [0.15, 0.2) is 100 Å². The number of nitrogens with zero attached hydrogens (tertiary/aromatic N) is 8. The fourth-order valence-corrected chi connectivity index (χ4v) is 15.9. The van der Waals surface area contributed by atoms with Crippen molar-refractivity contribution in [2.45, 2.75) is 159 Å². The third-order valence-electron chi connectivity index (χ3n) is 20.1. The van der Waals surface area contributed by atoms with Gasteiger partial charge in [0.2, 0.25) is 17.7 Å². The molecule has 530 valence electrons. The molecule has 6 N–H and O–H groups in total. The van der Waals surface area contributed by atoms with E-state index in [0.29, 0.717) is 60.7 Å². The van der Waals surface area contributed by atoms with Crippen LogP contribution in [0.2, 0.25) is 0 Å². The number of benzene rings is 3. The SMILES string of the molecule is C=C[C@@H]1C[C@]1(NC(=O)[C@@H]1C[C@@H](Oc2cc(-c3csc(NC(=O)C(C)C)n3)nc3c(Br)c(OC)ccc23)CN1C(=O)[C@@H](NC(=O)OC1CCCC1)C(C)(C)C)C(=O)O.Cn1c(C2(NC(=O)c3ccc4c(C5CCCC5)c(-c5ncc(Br)cn5)n(C)c4c3)CCC2)nc2ccc(/C=C/C(=O)O)cc21. The van der Waals surface area contributed by atoms with Gasteiger partial charge in [-0.15, -0.1) is 17.9 Å². The molecule has 0 bridgehead atoms. The van der Waals surface area contributed by atoms with Crippen molar-refractivity contribution in [1.82, 2.24) is 54.9 Å². The summed E-state index contributed by atoms with van der Waals surface area (Å²) in [5.74, 6) is -1.58. The highest BCUT2D eigenvalue weighted by Gasteiger charge is 2.61. The minimum Gasteiger partial charge on any atom is -0.495 e. The normalized spacial score (nSPS) is 20.0. The van der Waals surface area contributed by atoms with Gasteiger partial charge in [0, 0.05) is 84.1 Å². The number of fused-ring (bicyclic) bond motifs is 3. The predicted molar refractivity (Wildman–Crippen MR) is 390 cm³/mol. The van der Waals surface area contributed by atoms with Crippen LogP contribution in [0.3, 0.4) is 0 Å². The summed E-state index contributed by atoms with van der Waals surface area (Å²) in [6.45, 7) is 12.6. The van der Waals surface area contributed by atoms with E-state index in [0.717, 1.165) is 107 Å². The number of carboxylic acid groups (broad SMARTS) is 2. The first-order valence-electron chi connectivity index (χ1n) is 34.1. The van der Waals surface area contributed by atoms with Gasteiger partial charge in [-0.25, -0.2) is 39.3 Å². The van der Waals surface area contributed by atoms with Crippen LogP contribution >= 0.6 is 43.2 Å². The maximum Gasteiger partial charge on any atom is 0.408 e. The summed E-state index contributed by atoms with van der Waals surface area (Å²) >= 11 is 8.33. The monoisotopic (exact) mass is 1520 g/mol. The van der Waals surface area contributed by atoms with Crippen molar-refractivity contribution in [3.8, 4) is 34.4 Å². The number of methoxy groups -OCH3 is 1. The molecule has 24 nitrogen and oxygen atoms in total. The summed E-state index contributed by atoms with van der Waals surface area (Å²) in [6, 6.07) is 14.7. The van der Waals surface area contributed by atoms with E-state index in [1.807, 2.05) is 49.0 Å². The zero-order valence-electron chi connectivity index (χ0n) is 57.5. The van der Waals surface area contributed by atoms with E-state index < -0.39 is 70.4 Å². The molecule has 5 aromatic heterocycles. The van der Waals surface area contributed by atoms with Gasteiger partial charge in [-0.2, -0.15) is 0 Å². The number of alkyl carbamates (subject to hydrolysis) is 1. The van der Waals surface area contributed by atoms with Crippen molar-refractivity contribution in [1.29, 1.82) is 0 Å². The lowest BCUT2D eigenvalue weighted by Gasteiger charge is -2.41. The summed E-state index contributed by atoms with van der Waals surface area (Å²) in [5.41, 5.74) is 4.85. The van der Waals surface area contributed by atoms with E-state index in [2.05, 4.69) is 85.3 Å². The highest BCUT2D eigenvalue weighted by atomic mass is 79.9. The molecule has 0 spiro atoms. The molecule has 4 saturated carbocycles. The fraction of sp³-hybridized carbons (Fsp3) is 0.432. The summed E-state index contributed by atoms with van der Waals surface area (Å²) in [5, 5.41) is 34.7. The molecule has 1 aliphatic heterocycles. The molecule has 0 radical (unpaired) electrons. The van der Waals surface area contributed by atoms with Crippen LogP contribution in [0, 0.1) is 17.3 Å². The second-order valence-electron chi connectivity index (χ2n) is 28.3. The third-order valence-corrected chi connectivity index (χ3v) is 22.0. The van der Waals surface area contributed by atoms with E-state index in [4.69, 9.17) is 29.3 Å². The van der Waals surface area contributed by atoms with Crippen LogP contribution in [0.5, 0.6) is 11.5 Å². The van der Waals surface area contributed by atoms with Gasteiger partial charge in [-0.05, 0) is 161 Å². The van der Waals surface area contributed by atoms with Gasteiger partial charge in [-0.3, -0.25) is 19.2 Å². The number of aryl methyl sites for hydroxylation is 2. The first-order valence-corrected chi connectivity index (χ1v) is 36.5. The highest BCUT2D eigenvalue weighted by Crippen LogP contribution is 2.48. The number of thiazole rings is 1. The molecule has 27 heteroatoms. The molecule has 1 saturated heterocycles. The minimum atomic E-state index is -1.54. The lowest BCUT2D eigenvalue weighted by molar-refractivity contribution is -0.146. The van der Waals surface area contributed by atoms with Gasteiger partial charge in [0.15, 0.2) is 11.0 Å². The molecule has 0 unspecified atom stereocenters. The van der Waals surface area contributed by atoms with Crippen molar-refractivity contribution >= 4 is 129 Å². The number of anilines is 1. The molecule has 13 rings (SSSR count).